The van der Waals surface area contributed by atoms with Crippen molar-refractivity contribution >= 4 is 11.8 Å². The van der Waals surface area contributed by atoms with Crippen LogP contribution in [-0.2, 0) is 0 Å². The molecule has 0 heterocycles. The third kappa shape index (κ3) is 4.15. The molecule has 2 nitrogen and oxygen atoms in total. The summed E-state index contributed by atoms with van der Waals surface area (Å²) in [7, 11) is 0. The number of hydrogen-bond acceptors (Lipinski definition) is 3. The SMILES string of the molecule is CCSCCC(O)C1(CN)CCC(CC)CC1. The maximum absolute atomic E-state index is 10.4. The molecule has 17 heavy (non-hydrogen) atoms. The number of thioether (sulfide) groups is 1. The average Bonchev–Trinajstić information content (AvgIpc) is 2.39. The Hall–Kier alpha value is 0.270. The van der Waals surface area contributed by atoms with Crippen LogP contribution in [-0.4, -0.2) is 29.3 Å². The maximum Gasteiger partial charge on any atom is 0.0616 e. The second kappa shape index (κ2) is 7.65. The normalized spacial score (nSPS) is 31.4. The molecule has 1 aliphatic rings. The molecule has 3 N–H and O–H groups in total. The van der Waals surface area contributed by atoms with Gasteiger partial charge in [0.15, 0.2) is 0 Å². The van der Waals surface area contributed by atoms with Crippen molar-refractivity contribution in [2.24, 2.45) is 17.1 Å². The van der Waals surface area contributed by atoms with Gasteiger partial charge in [-0.1, -0.05) is 20.3 Å². The smallest absolute Gasteiger partial charge is 0.0616 e. The standard InChI is InChI=1S/C14H29NOS/c1-3-12-5-8-14(11-15,9-6-12)13(16)7-10-17-4-2/h12-13,16H,3-11,15H2,1-2H3. The van der Waals surface area contributed by atoms with Crippen molar-refractivity contribution in [1.82, 2.24) is 0 Å². The first kappa shape index (κ1) is 15.3. The van der Waals surface area contributed by atoms with Gasteiger partial charge < -0.3 is 10.8 Å². The van der Waals surface area contributed by atoms with E-state index in [-0.39, 0.29) is 11.5 Å². The molecule has 0 amide bonds. The second-order valence-corrected chi connectivity index (χ2v) is 6.81. The van der Waals surface area contributed by atoms with Gasteiger partial charge in [0.2, 0.25) is 0 Å². The lowest BCUT2D eigenvalue weighted by atomic mass is 9.66. The van der Waals surface area contributed by atoms with Gasteiger partial charge in [0, 0.05) is 12.0 Å². The zero-order valence-electron chi connectivity index (χ0n) is 11.5. The minimum absolute atomic E-state index is 0.0277. The zero-order chi connectivity index (χ0) is 12.7. The van der Waals surface area contributed by atoms with Crippen LogP contribution in [0.4, 0.5) is 0 Å². The topological polar surface area (TPSA) is 46.2 Å². The second-order valence-electron chi connectivity index (χ2n) is 5.42. The molecule has 102 valence electrons. The number of nitrogens with two attached hydrogens (primary N) is 1. The van der Waals surface area contributed by atoms with Gasteiger partial charge in [-0.25, -0.2) is 0 Å². The fraction of sp³-hybridized carbons (Fsp3) is 1.00. The van der Waals surface area contributed by atoms with Crippen LogP contribution >= 0.6 is 11.8 Å². The lowest BCUT2D eigenvalue weighted by Crippen LogP contribution is -2.44. The van der Waals surface area contributed by atoms with E-state index in [9.17, 15) is 5.11 Å². The van der Waals surface area contributed by atoms with Gasteiger partial charge >= 0.3 is 0 Å². The summed E-state index contributed by atoms with van der Waals surface area (Å²) in [5.74, 6) is 3.07. The van der Waals surface area contributed by atoms with Crippen molar-refractivity contribution in [3.63, 3.8) is 0 Å². The van der Waals surface area contributed by atoms with Crippen molar-refractivity contribution in [3.8, 4) is 0 Å². The van der Waals surface area contributed by atoms with E-state index in [0.29, 0.717) is 6.54 Å². The summed E-state index contributed by atoms with van der Waals surface area (Å²) in [4.78, 5) is 0. The first-order valence-electron chi connectivity index (χ1n) is 7.14. The largest absolute Gasteiger partial charge is 0.392 e. The molecule has 1 aliphatic carbocycles. The summed E-state index contributed by atoms with van der Waals surface area (Å²) in [5.41, 5.74) is 5.99. The number of aliphatic hydroxyl groups is 1. The highest BCUT2D eigenvalue weighted by Crippen LogP contribution is 2.42. The van der Waals surface area contributed by atoms with Gasteiger partial charge in [0.1, 0.15) is 0 Å². The quantitative estimate of drug-likeness (QED) is 0.691. The predicted molar refractivity (Wildman–Crippen MR) is 77.4 cm³/mol. The van der Waals surface area contributed by atoms with Crippen LogP contribution < -0.4 is 5.73 Å². The van der Waals surface area contributed by atoms with Crippen LogP contribution in [0.15, 0.2) is 0 Å². The van der Waals surface area contributed by atoms with Crippen LogP contribution in [0.25, 0.3) is 0 Å². The Balaban J connectivity index is 2.45. The van der Waals surface area contributed by atoms with Crippen molar-refractivity contribution in [2.75, 3.05) is 18.1 Å². The van der Waals surface area contributed by atoms with Crippen LogP contribution in [0.2, 0.25) is 0 Å². The van der Waals surface area contributed by atoms with Gasteiger partial charge in [0.25, 0.3) is 0 Å². The fourth-order valence-corrected chi connectivity index (χ4v) is 3.66. The van der Waals surface area contributed by atoms with Crippen LogP contribution in [0.1, 0.15) is 52.4 Å². The van der Waals surface area contributed by atoms with E-state index >= 15 is 0 Å². The summed E-state index contributed by atoms with van der Waals surface area (Å²) in [5, 5.41) is 10.4. The first-order chi connectivity index (χ1) is 8.18. The Morgan fingerprint density at radius 2 is 2.00 bits per heavy atom. The van der Waals surface area contributed by atoms with Gasteiger partial charge in [0.05, 0.1) is 6.10 Å². The number of rotatable bonds is 7. The van der Waals surface area contributed by atoms with Crippen LogP contribution in [0.3, 0.4) is 0 Å². The predicted octanol–water partition coefficient (Wildman–Crippen LogP) is 3.04. The van der Waals surface area contributed by atoms with Crippen molar-refractivity contribution in [2.45, 2.75) is 58.5 Å². The van der Waals surface area contributed by atoms with E-state index < -0.39 is 0 Å². The molecule has 0 saturated heterocycles. The Kier molecular flexibility index (Phi) is 6.90. The average molecular weight is 259 g/mol. The first-order valence-corrected chi connectivity index (χ1v) is 8.30. The maximum atomic E-state index is 10.4. The lowest BCUT2D eigenvalue weighted by molar-refractivity contribution is -0.00962. The third-order valence-electron chi connectivity index (χ3n) is 4.53. The highest BCUT2D eigenvalue weighted by atomic mass is 32.2. The minimum atomic E-state index is -0.190. The highest BCUT2D eigenvalue weighted by molar-refractivity contribution is 7.99. The summed E-state index contributed by atoms with van der Waals surface area (Å²) in [6.45, 7) is 5.10. The molecule has 3 heteroatoms. The summed E-state index contributed by atoms with van der Waals surface area (Å²) in [6.07, 6.45) is 6.76. The summed E-state index contributed by atoms with van der Waals surface area (Å²) in [6, 6.07) is 0. The van der Waals surface area contributed by atoms with E-state index in [0.717, 1.165) is 36.7 Å². The van der Waals surface area contributed by atoms with Gasteiger partial charge in [-0.05, 0) is 49.5 Å². The van der Waals surface area contributed by atoms with E-state index in [1.807, 2.05) is 11.8 Å². The molecule has 0 aromatic rings. The Morgan fingerprint density at radius 1 is 1.35 bits per heavy atom. The molecule has 1 rings (SSSR count). The molecule has 0 spiro atoms. The van der Waals surface area contributed by atoms with Gasteiger partial charge in [-0.3, -0.25) is 0 Å². The number of aliphatic hydroxyl groups excluding tert-OH is 1. The van der Waals surface area contributed by atoms with E-state index in [2.05, 4.69) is 13.8 Å². The molecule has 0 aromatic heterocycles. The fourth-order valence-electron chi connectivity index (χ4n) is 2.98. The molecule has 0 radical (unpaired) electrons. The van der Waals surface area contributed by atoms with Crippen molar-refractivity contribution in [3.05, 3.63) is 0 Å². The summed E-state index contributed by atoms with van der Waals surface area (Å²) >= 11 is 1.91. The molecule has 1 atom stereocenters. The Bertz CT molecular complexity index is 202. The van der Waals surface area contributed by atoms with Crippen molar-refractivity contribution in [1.29, 1.82) is 0 Å². The monoisotopic (exact) mass is 259 g/mol. The third-order valence-corrected chi connectivity index (χ3v) is 5.46. The lowest BCUT2D eigenvalue weighted by Gasteiger charge is -2.42. The minimum Gasteiger partial charge on any atom is -0.392 e. The molecule has 0 aromatic carbocycles. The Labute approximate surface area is 111 Å². The molecule has 1 fully saturated rings. The molecule has 1 unspecified atom stereocenters. The zero-order valence-corrected chi connectivity index (χ0v) is 12.3. The van der Waals surface area contributed by atoms with Gasteiger partial charge in [-0.15, -0.1) is 0 Å². The van der Waals surface area contributed by atoms with Crippen LogP contribution in [0, 0.1) is 11.3 Å². The Morgan fingerprint density at radius 3 is 2.47 bits per heavy atom. The molecule has 0 bridgehead atoms. The van der Waals surface area contributed by atoms with E-state index in [1.165, 1.54) is 19.3 Å². The molecule has 1 saturated carbocycles. The molecular formula is C14H29NOS. The molecule has 0 aliphatic heterocycles. The number of hydrogen-bond donors (Lipinski definition) is 2. The van der Waals surface area contributed by atoms with Crippen LogP contribution in [0.5, 0.6) is 0 Å². The molecular weight excluding hydrogens is 230 g/mol. The van der Waals surface area contributed by atoms with E-state index in [4.69, 9.17) is 5.73 Å². The van der Waals surface area contributed by atoms with Crippen molar-refractivity contribution < 1.29 is 5.11 Å². The van der Waals surface area contributed by atoms with E-state index in [1.54, 1.807) is 0 Å². The summed E-state index contributed by atoms with van der Waals surface area (Å²) < 4.78 is 0. The van der Waals surface area contributed by atoms with Gasteiger partial charge in [-0.2, -0.15) is 11.8 Å². The highest BCUT2D eigenvalue weighted by Gasteiger charge is 2.39.